The van der Waals surface area contributed by atoms with E-state index in [1.54, 1.807) is 17.4 Å². The predicted octanol–water partition coefficient (Wildman–Crippen LogP) is 2.44. The molecule has 11 nitrogen and oxygen atoms in total. The normalized spacial score (nSPS) is 21.4. The van der Waals surface area contributed by atoms with Crippen molar-refractivity contribution < 1.29 is 9.18 Å². The minimum absolute atomic E-state index is 0.0803. The lowest BCUT2D eigenvalue weighted by atomic mass is 10.1. The number of hydrogen-bond donors (Lipinski definition) is 2. The third-order valence-corrected chi connectivity index (χ3v) is 6.94. The van der Waals surface area contributed by atoms with E-state index in [-0.39, 0.29) is 19.1 Å². The predicted molar refractivity (Wildman–Crippen MR) is 136 cm³/mol. The van der Waals surface area contributed by atoms with E-state index in [1.165, 1.54) is 0 Å². The Hall–Kier alpha value is -3.54. The van der Waals surface area contributed by atoms with Crippen molar-refractivity contribution in [2.24, 2.45) is 0 Å². The van der Waals surface area contributed by atoms with Crippen molar-refractivity contribution in [1.82, 2.24) is 39.5 Å². The SMILES string of the molecule is C=CC(=O)N[C@@H]1CN(c2nc(Nc3cnn(C4CCN(C)CC4)c3)c3ncn(C(C)C)c3n2)C[C@@H]1F. The highest BCUT2D eigenvalue weighted by Crippen LogP contribution is 2.30. The van der Waals surface area contributed by atoms with Gasteiger partial charge in [-0.2, -0.15) is 15.1 Å². The van der Waals surface area contributed by atoms with E-state index in [0.717, 1.165) is 37.7 Å². The number of carbonyl (C=O) groups is 1. The van der Waals surface area contributed by atoms with E-state index in [1.807, 2.05) is 15.4 Å². The van der Waals surface area contributed by atoms with Gasteiger partial charge in [-0.05, 0) is 52.9 Å². The number of anilines is 3. The molecule has 1 amide bonds. The Morgan fingerprint density at radius 2 is 2.03 bits per heavy atom. The fraction of sp³-hybridized carbons (Fsp3) is 0.542. The Balaban J connectivity index is 1.44. The van der Waals surface area contributed by atoms with Gasteiger partial charge in [0, 0.05) is 18.8 Å². The molecule has 0 spiro atoms. The Kier molecular flexibility index (Phi) is 6.61. The van der Waals surface area contributed by atoms with Gasteiger partial charge >= 0.3 is 0 Å². The van der Waals surface area contributed by atoms with E-state index < -0.39 is 18.1 Å². The highest BCUT2D eigenvalue weighted by molar-refractivity contribution is 5.88. The summed E-state index contributed by atoms with van der Waals surface area (Å²) in [5.41, 5.74) is 2.10. The molecule has 3 aromatic heterocycles. The largest absolute Gasteiger partial charge is 0.345 e. The fourth-order valence-electron chi connectivity index (χ4n) is 4.82. The van der Waals surface area contributed by atoms with E-state index >= 15 is 0 Å². The van der Waals surface area contributed by atoms with Crippen LogP contribution < -0.4 is 15.5 Å². The Morgan fingerprint density at radius 1 is 1.25 bits per heavy atom. The summed E-state index contributed by atoms with van der Waals surface area (Å²) in [5.74, 6) is 0.516. The Morgan fingerprint density at radius 3 is 2.75 bits per heavy atom. The number of carbonyl (C=O) groups excluding carboxylic acids is 1. The quantitative estimate of drug-likeness (QED) is 0.480. The smallest absolute Gasteiger partial charge is 0.243 e. The van der Waals surface area contributed by atoms with Crippen molar-refractivity contribution in [3.63, 3.8) is 0 Å². The average Bonchev–Trinajstić information content (AvgIpc) is 3.58. The molecule has 0 radical (unpaired) electrons. The summed E-state index contributed by atoms with van der Waals surface area (Å²) in [6.07, 6.45) is 7.55. The Bertz CT molecular complexity index is 1240. The van der Waals surface area contributed by atoms with Crippen molar-refractivity contribution in [3.8, 4) is 0 Å². The highest BCUT2D eigenvalue weighted by atomic mass is 19.1. The van der Waals surface area contributed by atoms with Gasteiger partial charge in [0.1, 0.15) is 6.17 Å². The second kappa shape index (κ2) is 9.84. The number of fused-ring (bicyclic) bond motifs is 1. The van der Waals surface area contributed by atoms with Crippen LogP contribution in [0, 0.1) is 0 Å². The van der Waals surface area contributed by atoms with Gasteiger partial charge in [-0.3, -0.25) is 9.48 Å². The Labute approximate surface area is 209 Å². The summed E-state index contributed by atoms with van der Waals surface area (Å²) < 4.78 is 18.7. The first-order chi connectivity index (χ1) is 17.3. The van der Waals surface area contributed by atoms with Gasteiger partial charge in [0.15, 0.2) is 17.0 Å². The molecule has 0 saturated carbocycles. The molecule has 0 aromatic carbocycles. The van der Waals surface area contributed by atoms with E-state index in [2.05, 4.69) is 53.1 Å². The number of piperidine rings is 1. The first-order valence-corrected chi connectivity index (χ1v) is 12.4. The number of alkyl halides is 1. The lowest BCUT2D eigenvalue weighted by molar-refractivity contribution is -0.117. The minimum Gasteiger partial charge on any atom is -0.345 e. The maximum atomic E-state index is 14.7. The van der Waals surface area contributed by atoms with E-state index in [4.69, 9.17) is 9.97 Å². The molecular formula is C24H33FN10O. The van der Waals surface area contributed by atoms with Crippen LogP contribution >= 0.6 is 0 Å². The van der Waals surface area contributed by atoms with Crippen LogP contribution in [0.3, 0.4) is 0 Å². The molecule has 2 N–H and O–H groups in total. The summed E-state index contributed by atoms with van der Waals surface area (Å²) in [4.78, 5) is 29.9. The summed E-state index contributed by atoms with van der Waals surface area (Å²) >= 11 is 0. The minimum atomic E-state index is -1.24. The molecule has 36 heavy (non-hydrogen) atoms. The molecule has 192 valence electrons. The van der Waals surface area contributed by atoms with Gasteiger partial charge in [0.2, 0.25) is 11.9 Å². The van der Waals surface area contributed by atoms with Crippen molar-refractivity contribution in [2.45, 2.75) is 51.0 Å². The zero-order valence-corrected chi connectivity index (χ0v) is 20.9. The van der Waals surface area contributed by atoms with Crippen LogP contribution in [0.1, 0.15) is 38.8 Å². The number of imidazole rings is 1. The first-order valence-electron chi connectivity index (χ1n) is 12.4. The molecule has 0 aliphatic carbocycles. The molecule has 5 heterocycles. The van der Waals surface area contributed by atoms with Crippen LogP contribution in [0.25, 0.3) is 11.2 Å². The number of nitrogens with one attached hydrogen (secondary N) is 2. The van der Waals surface area contributed by atoms with Crippen LogP contribution in [0.5, 0.6) is 0 Å². The monoisotopic (exact) mass is 496 g/mol. The molecular weight excluding hydrogens is 463 g/mol. The van der Waals surface area contributed by atoms with Crippen molar-refractivity contribution in [1.29, 1.82) is 0 Å². The molecule has 5 rings (SSSR count). The molecule has 2 atom stereocenters. The summed E-state index contributed by atoms with van der Waals surface area (Å²) in [5, 5.41) is 10.6. The van der Waals surface area contributed by atoms with Crippen molar-refractivity contribution in [2.75, 3.05) is 43.4 Å². The molecule has 0 unspecified atom stereocenters. The summed E-state index contributed by atoms with van der Waals surface area (Å²) in [7, 11) is 2.14. The maximum absolute atomic E-state index is 14.7. The van der Waals surface area contributed by atoms with E-state index in [0.29, 0.717) is 29.0 Å². The molecule has 2 aliphatic rings. The zero-order valence-electron chi connectivity index (χ0n) is 20.9. The number of halogens is 1. The van der Waals surface area contributed by atoms with Crippen LogP contribution in [0.2, 0.25) is 0 Å². The molecule has 2 aliphatic heterocycles. The molecule has 12 heteroatoms. The third-order valence-electron chi connectivity index (χ3n) is 6.94. The maximum Gasteiger partial charge on any atom is 0.243 e. The lowest BCUT2D eigenvalue weighted by Gasteiger charge is -2.28. The fourth-order valence-corrected chi connectivity index (χ4v) is 4.82. The van der Waals surface area contributed by atoms with E-state index in [9.17, 15) is 9.18 Å². The standard InChI is InChI=1S/C24H33FN10O/c1-5-20(36)29-19-13-33(12-18(19)25)24-30-22(21-23(31-24)34(14-26-21)15(2)3)28-16-10-27-35(11-16)17-6-8-32(4)9-7-17/h5,10-11,14-15,17-19H,1,6-9,12-13H2,2-4H3,(H,29,36)(H,28,30,31)/t18-,19+/m0/s1. The zero-order chi connectivity index (χ0) is 25.4. The number of amides is 1. The van der Waals surface area contributed by atoms with Gasteiger partial charge in [-0.1, -0.05) is 6.58 Å². The number of hydrogen-bond acceptors (Lipinski definition) is 8. The van der Waals surface area contributed by atoms with Gasteiger partial charge in [0.05, 0.1) is 36.8 Å². The number of nitrogens with zero attached hydrogens (tertiary/aromatic N) is 8. The van der Waals surface area contributed by atoms with Gasteiger partial charge < -0.3 is 25.0 Å². The number of likely N-dealkylation sites (tertiary alicyclic amines) is 1. The summed E-state index contributed by atoms with van der Waals surface area (Å²) in [6, 6.07) is -0.162. The second-order valence-electron chi connectivity index (χ2n) is 9.90. The average molecular weight is 497 g/mol. The van der Waals surface area contributed by atoms with Gasteiger partial charge in [0.25, 0.3) is 0 Å². The molecule has 0 bridgehead atoms. The summed E-state index contributed by atoms with van der Waals surface area (Å²) in [6.45, 7) is 9.99. The molecule has 3 aromatic rings. The van der Waals surface area contributed by atoms with Crippen LogP contribution in [0.4, 0.5) is 21.8 Å². The number of aromatic nitrogens is 6. The third kappa shape index (κ3) is 4.77. The highest BCUT2D eigenvalue weighted by Gasteiger charge is 2.35. The number of rotatable bonds is 7. The van der Waals surface area contributed by atoms with Gasteiger partial charge in [-0.25, -0.2) is 9.37 Å². The van der Waals surface area contributed by atoms with Crippen molar-refractivity contribution in [3.05, 3.63) is 31.4 Å². The molecule has 2 saturated heterocycles. The van der Waals surface area contributed by atoms with Crippen molar-refractivity contribution >= 4 is 34.5 Å². The lowest BCUT2D eigenvalue weighted by Crippen LogP contribution is -2.40. The second-order valence-corrected chi connectivity index (χ2v) is 9.90. The van der Waals surface area contributed by atoms with Crippen LogP contribution in [-0.2, 0) is 4.79 Å². The van der Waals surface area contributed by atoms with Crippen LogP contribution in [-0.4, -0.2) is 85.5 Å². The van der Waals surface area contributed by atoms with Crippen LogP contribution in [0.15, 0.2) is 31.4 Å². The first kappa shape index (κ1) is 24.2. The topological polar surface area (TPSA) is 109 Å². The van der Waals surface area contributed by atoms with Gasteiger partial charge in [-0.15, -0.1) is 0 Å². The molecule has 2 fully saturated rings.